The number of esters is 1. The number of rotatable bonds is 3. The quantitative estimate of drug-likeness (QED) is 0.455. The molecule has 0 N–H and O–H groups in total. The summed E-state index contributed by atoms with van der Waals surface area (Å²) in [5.41, 5.74) is 2.81. The van der Waals surface area contributed by atoms with Crippen molar-refractivity contribution < 1.29 is 14.3 Å². The fourth-order valence-electron chi connectivity index (χ4n) is 3.49. The zero-order valence-electron chi connectivity index (χ0n) is 15.9. The van der Waals surface area contributed by atoms with Crippen molar-refractivity contribution >= 4 is 23.8 Å². The molecule has 0 bridgehead atoms. The van der Waals surface area contributed by atoms with Crippen LogP contribution in [0.4, 0.5) is 0 Å². The van der Waals surface area contributed by atoms with Gasteiger partial charge in [0.1, 0.15) is 17.3 Å². The fraction of sp³-hybridized carbons (Fsp3) is 0.261. The molecule has 0 aliphatic carbocycles. The van der Waals surface area contributed by atoms with Gasteiger partial charge in [-0.05, 0) is 44.0 Å². The molecular formula is C23H22N2O3. The van der Waals surface area contributed by atoms with Crippen LogP contribution < -0.4 is 4.74 Å². The lowest BCUT2D eigenvalue weighted by atomic mass is 10.1. The standard InChI is InChI=1S/C23H22N2O3/c1-16-10-12-17(13-11-16)23(27)28-20-8-5-4-7-18(20)15-19-22(26)24-21-9-3-2-6-14-25(19)21/h4-5,7-8,10-13,15H,2-3,6,9,14H2,1H3. The number of fused-ring (bicyclic) bond motifs is 1. The SMILES string of the molecule is Cc1ccc(C(=O)Oc2ccccc2C=C2C(=O)N=C3CCCCCN23)cc1. The highest BCUT2D eigenvalue weighted by Gasteiger charge is 2.30. The van der Waals surface area contributed by atoms with E-state index in [-0.39, 0.29) is 5.91 Å². The normalized spacial score (nSPS) is 17.9. The molecule has 4 rings (SSSR count). The molecule has 1 amide bonds. The number of ether oxygens (including phenoxy) is 1. The van der Waals surface area contributed by atoms with Crippen LogP contribution in [0, 0.1) is 6.92 Å². The summed E-state index contributed by atoms with van der Waals surface area (Å²) in [5, 5.41) is 0. The van der Waals surface area contributed by atoms with Gasteiger partial charge in [0.25, 0.3) is 5.91 Å². The van der Waals surface area contributed by atoms with Crippen LogP contribution in [0.1, 0.15) is 47.2 Å². The van der Waals surface area contributed by atoms with Gasteiger partial charge < -0.3 is 9.64 Å². The Labute approximate surface area is 164 Å². The minimum atomic E-state index is -0.421. The smallest absolute Gasteiger partial charge is 0.343 e. The van der Waals surface area contributed by atoms with Crippen molar-refractivity contribution in [2.45, 2.75) is 32.6 Å². The Kier molecular flexibility index (Phi) is 5.06. The van der Waals surface area contributed by atoms with Crippen molar-refractivity contribution in [3.05, 3.63) is 70.9 Å². The maximum Gasteiger partial charge on any atom is 0.343 e. The van der Waals surface area contributed by atoms with E-state index in [9.17, 15) is 9.59 Å². The summed E-state index contributed by atoms with van der Waals surface area (Å²) in [4.78, 5) is 31.2. The van der Waals surface area contributed by atoms with E-state index >= 15 is 0 Å². The summed E-state index contributed by atoms with van der Waals surface area (Å²) in [5.74, 6) is 0.631. The third-order valence-electron chi connectivity index (χ3n) is 5.04. The maximum absolute atomic E-state index is 12.5. The fourth-order valence-corrected chi connectivity index (χ4v) is 3.49. The van der Waals surface area contributed by atoms with Gasteiger partial charge in [-0.15, -0.1) is 0 Å². The van der Waals surface area contributed by atoms with Gasteiger partial charge >= 0.3 is 5.97 Å². The molecule has 28 heavy (non-hydrogen) atoms. The van der Waals surface area contributed by atoms with Crippen LogP contribution in [-0.2, 0) is 4.79 Å². The van der Waals surface area contributed by atoms with E-state index in [2.05, 4.69) is 4.99 Å². The van der Waals surface area contributed by atoms with E-state index in [1.165, 1.54) is 0 Å². The number of amides is 1. The third-order valence-corrected chi connectivity index (χ3v) is 5.04. The number of amidine groups is 1. The van der Waals surface area contributed by atoms with Crippen molar-refractivity contribution in [3.8, 4) is 5.75 Å². The molecule has 0 aromatic heterocycles. The van der Waals surface area contributed by atoms with Gasteiger partial charge in [0, 0.05) is 18.5 Å². The Morgan fingerprint density at radius 2 is 1.86 bits per heavy atom. The highest BCUT2D eigenvalue weighted by atomic mass is 16.5. The van der Waals surface area contributed by atoms with Crippen LogP contribution in [0.5, 0.6) is 5.75 Å². The summed E-state index contributed by atoms with van der Waals surface area (Å²) in [6.45, 7) is 2.76. The molecule has 1 saturated heterocycles. The molecule has 1 fully saturated rings. The molecule has 2 aromatic carbocycles. The molecule has 142 valence electrons. The molecule has 2 aromatic rings. The summed E-state index contributed by atoms with van der Waals surface area (Å²) in [6, 6.07) is 14.5. The lowest BCUT2D eigenvalue weighted by Gasteiger charge is -2.18. The number of carbonyl (C=O) groups excluding carboxylic acids is 2. The molecule has 0 spiro atoms. The number of hydrogen-bond acceptors (Lipinski definition) is 4. The molecule has 0 saturated carbocycles. The van der Waals surface area contributed by atoms with Crippen LogP contribution in [0.15, 0.2) is 59.2 Å². The summed E-state index contributed by atoms with van der Waals surface area (Å²) in [6.07, 6.45) is 5.84. The van der Waals surface area contributed by atoms with E-state index in [0.29, 0.717) is 22.6 Å². The van der Waals surface area contributed by atoms with Crippen LogP contribution in [0.25, 0.3) is 6.08 Å². The first-order valence-electron chi connectivity index (χ1n) is 9.61. The zero-order chi connectivity index (χ0) is 19.5. The van der Waals surface area contributed by atoms with Gasteiger partial charge in [-0.1, -0.05) is 42.3 Å². The highest BCUT2D eigenvalue weighted by molar-refractivity contribution is 6.13. The van der Waals surface area contributed by atoms with Gasteiger partial charge in [0.05, 0.1) is 5.56 Å². The van der Waals surface area contributed by atoms with Crippen LogP contribution in [0.3, 0.4) is 0 Å². The van der Waals surface area contributed by atoms with Gasteiger partial charge in [-0.2, -0.15) is 4.99 Å². The molecule has 0 atom stereocenters. The maximum atomic E-state index is 12.5. The van der Waals surface area contributed by atoms with Crippen LogP contribution in [-0.4, -0.2) is 29.2 Å². The first-order valence-corrected chi connectivity index (χ1v) is 9.61. The van der Waals surface area contributed by atoms with Crippen molar-refractivity contribution in [2.75, 3.05) is 6.54 Å². The number of para-hydroxylation sites is 1. The number of nitrogens with zero attached hydrogens (tertiary/aromatic N) is 2. The lowest BCUT2D eigenvalue weighted by molar-refractivity contribution is -0.114. The average molecular weight is 374 g/mol. The van der Waals surface area contributed by atoms with Crippen molar-refractivity contribution in [1.82, 2.24) is 4.90 Å². The minimum Gasteiger partial charge on any atom is -0.422 e. The first kappa shape index (κ1) is 18.2. The van der Waals surface area contributed by atoms with E-state index in [4.69, 9.17) is 4.74 Å². The number of aliphatic imine (C=N–C) groups is 1. The van der Waals surface area contributed by atoms with Gasteiger partial charge in [0.2, 0.25) is 0 Å². The molecule has 2 aliphatic rings. The minimum absolute atomic E-state index is 0.225. The third kappa shape index (κ3) is 3.74. The molecular weight excluding hydrogens is 352 g/mol. The molecule has 5 heteroatoms. The highest BCUT2D eigenvalue weighted by Crippen LogP contribution is 2.28. The monoisotopic (exact) mass is 374 g/mol. The molecule has 0 radical (unpaired) electrons. The summed E-state index contributed by atoms with van der Waals surface area (Å²) in [7, 11) is 0. The van der Waals surface area contributed by atoms with E-state index in [0.717, 1.165) is 43.6 Å². The molecule has 2 aliphatic heterocycles. The second-order valence-corrected chi connectivity index (χ2v) is 7.12. The lowest BCUT2D eigenvalue weighted by Crippen LogP contribution is -2.26. The topological polar surface area (TPSA) is 59.0 Å². The second-order valence-electron chi connectivity index (χ2n) is 7.12. The van der Waals surface area contributed by atoms with Crippen molar-refractivity contribution in [1.29, 1.82) is 0 Å². The van der Waals surface area contributed by atoms with Crippen molar-refractivity contribution in [3.63, 3.8) is 0 Å². The van der Waals surface area contributed by atoms with Gasteiger partial charge in [-0.3, -0.25) is 4.79 Å². The first-order chi connectivity index (χ1) is 13.6. The Morgan fingerprint density at radius 1 is 1.07 bits per heavy atom. The number of aryl methyl sites for hydroxylation is 1. The number of hydrogen-bond donors (Lipinski definition) is 0. The second kappa shape index (κ2) is 7.80. The largest absolute Gasteiger partial charge is 0.422 e. The van der Waals surface area contributed by atoms with E-state index in [1.807, 2.05) is 42.2 Å². The molecule has 2 heterocycles. The predicted octanol–water partition coefficient (Wildman–Crippen LogP) is 4.37. The average Bonchev–Trinajstić information content (AvgIpc) is 2.84. The molecule has 5 nitrogen and oxygen atoms in total. The Morgan fingerprint density at radius 3 is 2.68 bits per heavy atom. The van der Waals surface area contributed by atoms with Gasteiger partial charge in [0.15, 0.2) is 0 Å². The van der Waals surface area contributed by atoms with Crippen molar-refractivity contribution in [2.24, 2.45) is 4.99 Å². The number of benzene rings is 2. The van der Waals surface area contributed by atoms with E-state index in [1.54, 1.807) is 24.3 Å². The Balaban J connectivity index is 1.61. The predicted molar refractivity (Wildman–Crippen MR) is 108 cm³/mol. The molecule has 0 unspecified atom stereocenters. The summed E-state index contributed by atoms with van der Waals surface area (Å²) < 4.78 is 5.63. The Hall–Kier alpha value is -3.21. The zero-order valence-corrected chi connectivity index (χ0v) is 15.9. The number of carbonyl (C=O) groups is 2. The van der Waals surface area contributed by atoms with E-state index < -0.39 is 5.97 Å². The van der Waals surface area contributed by atoms with Gasteiger partial charge in [-0.25, -0.2) is 4.79 Å². The summed E-state index contributed by atoms with van der Waals surface area (Å²) >= 11 is 0. The van der Waals surface area contributed by atoms with Crippen LogP contribution >= 0.6 is 0 Å². The Bertz CT molecular complexity index is 974. The van der Waals surface area contributed by atoms with Crippen LogP contribution in [0.2, 0.25) is 0 Å².